The van der Waals surface area contributed by atoms with Crippen LogP contribution in [0.25, 0.3) is 0 Å². The van der Waals surface area contributed by atoms with E-state index in [0.717, 1.165) is 22.0 Å². The molecule has 0 saturated carbocycles. The lowest BCUT2D eigenvalue weighted by Gasteiger charge is -2.46. The summed E-state index contributed by atoms with van der Waals surface area (Å²) < 4.78 is 77.3. The molecule has 0 aromatic heterocycles. The Kier molecular flexibility index (Phi) is 6.16. The molecule has 2 aromatic rings. The summed E-state index contributed by atoms with van der Waals surface area (Å²) in [4.78, 5) is 11.7. The third kappa shape index (κ3) is 4.71. The minimum absolute atomic E-state index is 0.0184. The van der Waals surface area contributed by atoms with Gasteiger partial charge in [-0.3, -0.25) is 0 Å². The molecule has 11 heteroatoms. The van der Waals surface area contributed by atoms with Crippen LogP contribution in [0.5, 0.6) is 0 Å². The normalized spacial score (nSPS) is 26.5. The highest BCUT2D eigenvalue weighted by Gasteiger charge is 2.44. The lowest BCUT2D eigenvalue weighted by Crippen LogP contribution is -2.40. The van der Waals surface area contributed by atoms with Crippen LogP contribution in [-0.4, -0.2) is 43.8 Å². The molecule has 0 aliphatic carbocycles. The monoisotopic (exact) mass is 510 g/mol. The summed E-state index contributed by atoms with van der Waals surface area (Å²) in [5, 5.41) is 3.40. The molecule has 0 unspecified atom stereocenters. The van der Waals surface area contributed by atoms with E-state index < -0.39 is 40.1 Å². The molecule has 1 amide bonds. The molecule has 0 radical (unpaired) electrons. The van der Waals surface area contributed by atoms with E-state index >= 15 is 0 Å². The molecular formula is C24H25F3N2O5S. The molecule has 2 fully saturated rings. The number of nitrogens with one attached hydrogen (secondary N) is 1. The summed E-state index contributed by atoms with van der Waals surface area (Å²) in [6, 6.07) is 13.1. The molecule has 188 valence electrons. The van der Waals surface area contributed by atoms with Gasteiger partial charge in [0.1, 0.15) is 6.61 Å². The molecule has 3 aliphatic heterocycles. The van der Waals surface area contributed by atoms with Gasteiger partial charge in [0.05, 0.1) is 36.1 Å². The smallest absolute Gasteiger partial charge is 0.423 e. The standard InChI is InChI=1S/C24H25F3N2O5S/c25-24(26,27)16-6-9-20-19(14-16)22-18(21(28-20)15-4-2-1-3-5-15)8-7-17(34-22)10-13-35(31,32)29-11-12-33-23(29)30/h1-6,9,14,17-18,21-22,28H,7-8,10-13H2/t17-,18+,21+,22+/m1/s1. The van der Waals surface area contributed by atoms with Crippen LogP contribution in [0, 0.1) is 5.92 Å². The molecule has 35 heavy (non-hydrogen) atoms. The number of benzene rings is 2. The molecule has 0 spiro atoms. The van der Waals surface area contributed by atoms with Crippen LogP contribution in [0.3, 0.4) is 0 Å². The Balaban J connectivity index is 1.41. The summed E-state index contributed by atoms with van der Waals surface area (Å²) in [5.41, 5.74) is 1.25. The number of rotatable bonds is 5. The van der Waals surface area contributed by atoms with E-state index in [4.69, 9.17) is 9.47 Å². The fourth-order valence-electron chi connectivity index (χ4n) is 5.16. The van der Waals surface area contributed by atoms with E-state index in [-0.39, 0.29) is 37.3 Å². The van der Waals surface area contributed by atoms with E-state index in [0.29, 0.717) is 24.1 Å². The van der Waals surface area contributed by atoms with Crippen molar-refractivity contribution in [3.8, 4) is 0 Å². The van der Waals surface area contributed by atoms with Crippen LogP contribution in [0.2, 0.25) is 0 Å². The van der Waals surface area contributed by atoms with Crippen molar-refractivity contribution in [1.29, 1.82) is 0 Å². The molecular weight excluding hydrogens is 485 g/mol. The third-order valence-corrected chi connectivity index (χ3v) is 8.65. The van der Waals surface area contributed by atoms with Crippen LogP contribution in [0.4, 0.5) is 23.7 Å². The molecule has 2 saturated heterocycles. The third-order valence-electron chi connectivity index (χ3n) is 6.89. The second kappa shape index (κ2) is 9.02. The zero-order valence-corrected chi connectivity index (χ0v) is 19.5. The number of anilines is 1. The minimum atomic E-state index is -4.49. The maximum atomic E-state index is 13.5. The van der Waals surface area contributed by atoms with E-state index in [1.54, 1.807) is 0 Å². The number of carbonyl (C=O) groups is 1. The second-order valence-electron chi connectivity index (χ2n) is 9.04. The Morgan fingerprint density at radius 1 is 1.09 bits per heavy atom. The maximum Gasteiger partial charge on any atom is 0.423 e. The Morgan fingerprint density at radius 3 is 2.54 bits per heavy atom. The van der Waals surface area contributed by atoms with E-state index in [1.807, 2.05) is 30.3 Å². The van der Waals surface area contributed by atoms with Gasteiger partial charge in [-0.2, -0.15) is 13.2 Å². The number of carbonyl (C=O) groups excluding carboxylic acids is 1. The van der Waals surface area contributed by atoms with Gasteiger partial charge < -0.3 is 14.8 Å². The van der Waals surface area contributed by atoms with Crippen molar-refractivity contribution in [3.05, 3.63) is 65.2 Å². The van der Waals surface area contributed by atoms with Crippen molar-refractivity contribution in [3.63, 3.8) is 0 Å². The van der Waals surface area contributed by atoms with Crippen molar-refractivity contribution in [2.75, 3.05) is 24.2 Å². The van der Waals surface area contributed by atoms with Gasteiger partial charge >= 0.3 is 12.3 Å². The molecule has 4 atom stereocenters. The topological polar surface area (TPSA) is 84.9 Å². The van der Waals surface area contributed by atoms with Crippen molar-refractivity contribution in [2.45, 2.75) is 43.7 Å². The number of sulfonamides is 1. The Labute approximate surface area is 201 Å². The molecule has 0 bridgehead atoms. The number of cyclic esters (lactones) is 1. The number of ether oxygens (including phenoxy) is 2. The van der Waals surface area contributed by atoms with Crippen LogP contribution < -0.4 is 5.32 Å². The molecule has 5 rings (SSSR count). The first-order valence-electron chi connectivity index (χ1n) is 11.5. The van der Waals surface area contributed by atoms with E-state index in [9.17, 15) is 26.4 Å². The van der Waals surface area contributed by atoms with Gasteiger partial charge in [0.2, 0.25) is 10.0 Å². The minimum Gasteiger partial charge on any atom is -0.447 e. The van der Waals surface area contributed by atoms with Gasteiger partial charge in [-0.05, 0) is 43.0 Å². The number of fused-ring (bicyclic) bond motifs is 3. The van der Waals surface area contributed by atoms with E-state index in [1.165, 1.54) is 6.07 Å². The summed E-state index contributed by atoms with van der Waals surface area (Å²) in [7, 11) is -3.86. The number of hydrogen-bond donors (Lipinski definition) is 1. The Hall–Kier alpha value is -2.79. The van der Waals surface area contributed by atoms with Gasteiger partial charge in [0.25, 0.3) is 0 Å². The van der Waals surface area contributed by atoms with Crippen LogP contribution >= 0.6 is 0 Å². The first kappa shape index (κ1) is 23.9. The van der Waals surface area contributed by atoms with Crippen LogP contribution in [0.15, 0.2) is 48.5 Å². The summed E-state index contributed by atoms with van der Waals surface area (Å²) in [6.45, 7) is 0.00333. The Bertz CT molecular complexity index is 1210. The average molecular weight is 511 g/mol. The highest BCUT2D eigenvalue weighted by Crippen LogP contribution is 2.51. The zero-order valence-electron chi connectivity index (χ0n) is 18.7. The van der Waals surface area contributed by atoms with Crippen LogP contribution in [-0.2, 0) is 25.7 Å². The molecule has 2 aromatic carbocycles. The summed E-state index contributed by atoms with van der Waals surface area (Å²) >= 11 is 0. The molecule has 3 aliphatic rings. The molecule has 3 heterocycles. The SMILES string of the molecule is O=C1OCCN1S(=O)(=O)CC[C@H]1CC[C@@H]2[C@H](O1)c1cc(C(F)(F)F)ccc1N[C@H]2c1ccccc1. The number of nitrogens with zero attached hydrogens (tertiary/aromatic N) is 1. The average Bonchev–Trinajstić information content (AvgIpc) is 3.29. The number of alkyl halides is 3. The summed E-state index contributed by atoms with van der Waals surface area (Å²) in [5.74, 6) is -0.435. The highest BCUT2D eigenvalue weighted by atomic mass is 32.2. The van der Waals surface area contributed by atoms with Crippen molar-refractivity contribution < 1.29 is 35.9 Å². The predicted molar refractivity (Wildman–Crippen MR) is 121 cm³/mol. The first-order valence-corrected chi connectivity index (χ1v) is 13.1. The second-order valence-corrected chi connectivity index (χ2v) is 11.1. The van der Waals surface area contributed by atoms with Crippen LogP contribution in [0.1, 0.15) is 48.1 Å². The molecule has 1 N–H and O–H groups in total. The van der Waals surface area contributed by atoms with Gasteiger partial charge in [0.15, 0.2) is 0 Å². The number of amides is 1. The quantitative estimate of drug-likeness (QED) is 0.617. The fraction of sp³-hybridized carbons (Fsp3) is 0.458. The van der Waals surface area contributed by atoms with Crippen molar-refractivity contribution in [2.24, 2.45) is 5.92 Å². The number of halogens is 3. The van der Waals surface area contributed by atoms with E-state index in [2.05, 4.69) is 5.32 Å². The van der Waals surface area contributed by atoms with Gasteiger partial charge in [-0.25, -0.2) is 17.5 Å². The van der Waals surface area contributed by atoms with Gasteiger partial charge in [-0.15, -0.1) is 0 Å². The largest absolute Gasteiger partial charge is 0.447 e. The van der Waals surface area contributed by atoms with Gasteiger partial charge in [0, 0.05) is 17.2 Å². The van der Waals surface area contributed by atoms with Crippen molar-refractivity contribution >= 4 is 21.8 Å². The zero-order chi connectivity index (χ0) is 24.8. The lowest BCUT2D eigenvalue weighted by atomic mass is 9.76. The summed E-state index contributed by atoms with van der Waals surface area (Å²) in [6.07, 6.45) is -5.14. The Morgan fingerprint density at radius 2 is 1.86 bits per heavy atom. The lowest BCUT2D eigenvalue weighted by molar-refractivity contribution is -0.138. The molecule has 7 nitrogen and oxygen atoms in total. The van der Waals surface area contributed by atoms with Crippen molar-refractivity contribution in [1.82, 2.24) is 4.31 Å². The number of hydrogen-bond acceptors (Lipinski definition) is 6. The predicted octanol–water partition coefficient (Wildman–Crippen LogP) is 4.88. The highest BCUT2D eigenvalue weighted by molar-refractivity contribution is 7.89. The fourth-order valence-corrected chi connectivity index (χ4v) is 6.57. The maximum absolute atomic E-state index is 13.5. The first-order chi connectivity index (χ1) is 16.6. The van der Waals surface area contributed by atoms with Gasteiger partial charge in [-0.1, -0.05) is 30.3 Å².